The van der Waals surface area contributed by atoms with Gasteiger partial charge in [-0.05, 0) is 73.9 Å². The number of nitrogens with one attached hydrogen (secondary N) is 1. The van der Waals surface area contributed by atoms with Gasteiger partial charge in [-0.25, -0.2) is 12.8 Å². The topological polar surface area (TPSA) is 96.0 Å². The smallest absolute Gasteiger partial charge is 0.264 e. The van der Waals surface area contributed by atoms with Gasteiger partial charge in [0.2, 0.25) is 11.8 Å². The van der Waals surface area contributed by atoms with Gasteiger partial charge in [0.15, 0.2) is 0 Å². The summed E-state index contributed by atoms with van der Waals surface area (Å²) >= 11 is 0. The molecule has 0 heterocycles. The Morgan fingerprint density at radius 2 is 1.60 bits per heavy atom. The molecule has 3 aromatic rings. The Hall–Kier alpha value is -3.92. The predicted octanol–water partition coefficient (Wildman–Crippen LogP) is 4.51. The van der Waals surface area contributed by atoms with Crippen molar-refractivity contribution in [3.8, 4) is 5.75 Å². The number of carbonyl (C=O) groups is 2. The first-order chi connectivity index (χ1) is 19.2. The van der Waals surface area contributed by atoms with Crippen LogP contribution in [0.5, 0.6) is 5.75 Å². The van der Waals surface area contributed by atoms with E-state index in [4.69, 9.17) is 4.74 Å². The molecule has 0 aliphatic heterocycles. The molecule has 40 heavy (non-hydrogen) atoms. The molecule has 0 spiro atoms. The molecule has 8 nitrogen and oxygen atoms in total. The summed E-state index contributed by atoms with van der Waals surface area (Å²) in [6.07, 6.45) is 3.85. The average Bonchev–Trinajstić information content (AvgIpc) is 3.48. The van der Waals surface area contributed by atoms with E-state index in [1.807, 2.05) is 0 Å². The van der Waals surface area contributed by atoms with Crippen molar-refractivity contribution in [3.05, 3.63) is 90.2 Å². The summed E-state index contributed by atoms with van der Waals surface area (Å²) in [6, 6.07) is 18.9. The molecule has 1 atom stereocenters. The van der Waals surface area contributed by atoms with Crippen LogP contribution in [0.4, 0.5) is 10.1 Å². The summed E-state index contributed by atoms with van der Waals surface area (Å²) < 4.78 is 47.3. The van der Waals surface area contributed by atoms with Crippen molar-refractivity contribution < 1.29 is 27.1 Å². The number of hydrogen-bond donors (Lipinski definition) is 1. The van der Waals surface area contributed by atoms with E-state index in [0.29, 0.717) is 5.75 Å². The molecule has 1 N–H and O–H groups in total. The second-order valence-corrected chi connectivity index (χ2v) is 11.7. The molecule has 1 unspecified atom stereocenters. The van der Waals surface area contributed by atoms with Crippen LogP contribution in [0.2, 0.25) is 0 Å². The molecule has 10 heteroatoms. The molecular formula is C30H34FN3O5S. The first-order valence-corrected chi connectivity index (χ1v) is 14.7. The standard InChI is InChI=1S/C30H34FN3O5S/c1-22(30(36)32-25-8-6-7-9-25)33(20-23-12-18-27(39-2)19-13-23)29(35)21-34(26-16-14-24(31)15-17-26)40(37,38)28-10-4-3-5-11-28/h3-5,10-19,22,25H,6-9,20-21H2,1-2H3,(H,32,36). The van der Waals surface area contributed by atoms with Gasteiger partial charge in [0.05, 0.1) is 17.7 Å². The van der Waals surface area contributed by atoms with Crippen molar-refractivity contribution in [3.63, 3.8) is 0 Å². The maximum atomic E-state index is 13.9. The van der Waals surface area contributed by atoms with Crippen LogP contribution in [0.3, 0.4) is 0 Å². The average molecular weight is 568 g/mol. The lowest BCUT2D eigenvalue weighted by molar-refractivity contribution is -0.139. The molecule has 0 bridgehead atoms. The Bertz CT molecular complexity index is 1390. The monoisotopic (exact) mass is 567 g/mol. The Morgan fingerprint density at radius 1 is 0.975 bits per heavy atom. The van der Waals surface area contributed by atoms with Crippen molar-refractivity contribution in [2.24, 2.45) is 0 Å². The van der Waals surface area contributed by atoms with Gasteiger partial charge in [0.1, 0.15) is 24.2 Å². The summed E-state index contributed by atoms with van der Waals surface area (Å²) in [4.78, 5) is 28.5. The van der Waals surface area contributed by atoms with Gasteiger partial charge < -0.3 is 15.0 Å². The summed E-state index contributed by atoms with van der Waals surface area (Å²) in [5.74, 6) is -0.766. The number of sulfonamides is 1. The Balaban J connectivity index is 1.66. The SMILES string of the molecule is COc1ccc(CN(C(=O)CN(c2ccc(F)cc2)S(=O)(=O)c2ccccc2)C(C)C(=O)NC2CCCC2)cc1. The maximum absolute atomic E-state index is 13.9. The lowest BCUT2D eigenvalue weighted by atomic mass is 10.1. The normalized spacial score (nSPS) is 14.4. The van der Waals surface area contributed by atoms with E-state index in [1.165, 1.54) is 29.2 Å². The van der Waals surface area contributed by atoms with Crippen molar-refractivity contribution in [2.45, 2.75) is 56.1 Å². The molecule has 0 radical (unpaired) electrons. The molecule has 1 saturated carbocycles. The quantitative estimate of drug-likeness (QED) is 0.368. The lowest BCUT2D eigenvalue weighted by Crippen LogP contribution is -2.52. The second kappa shape index (κ2) is 13.0. The van der Waals surface area contributed by atoms with Crippen LogP contribution < -0.4 is 14.4 Å². The molecule has 4 rings (SSSR count). The third-order valence-corrected chi connectivity index (χ3v) is 8.89. The molecule has 1 fully saturated rings. The number of carbonyl (C=O) groups excluding carboxylic acids is 2. The van der Waals surface area contributed by atoms with Crippen LogP contribution in [-0.2, 0) is 26.2 Å². The predicted molar refractivity (Wildman–Crippen MR) is 151 cm³/mol. The van der Waals surface area contributed by atoms with E-state index in [0.717, 1.165) is 47.7 Å². The van der Waals surface area contributed by atoms with Gasteiger partial charge >= 0.3 is 0 Å². The van der Waals surface area contributed by atoms with Crippen molar-refractivity contribution in [2.75, 3.05) is 18.0 Å². The minimum absolute atomic E-state index is 0.0131. The second-order valence-electron chi connectivity index (χ2n) is 9.84. The van der Waals surface area contributed by atoms with Crippen LogP contribution >= 0.6 is 0 Å². The van der Waals surface area contributed by atoms with Gasteiger partial charge in [-0.2, -0.15) is 0 Å². The van der Waals surface area contributed by atoms with Gasteiger partial charge in [0, 0.05) is 12.6 Å². The zero-order valence-electron chi connectivity index (χ0n) is 22.6. The van der Waals surface area contributed by atoms with Crippen LogP contribution in [0.1, 0.15) is 38.2 Å². The third kappa shape index (κ3) is 6.98. The number of nitrogens with zero attached hydrogens (tertiary/aromatic N) is 2. The number of anilines is 1. The molecule has 3 aromatic carbocycles. The number of amides is 2. The molecule has 0 saturated heterocycles. The summed E-state index contributed by atoms with van der Waals surface area (Å²) in [5.41, 5.74) is 0.875. The number of methoxy groups -OCH3 is 1. The number of hydrogen-bond acceptors (Lipinski definition) is 5. The van der Waals surface area contributed by atoms with Crippen LogP contribution in [0.25, 0.3) is 0 Å². The highest BCUT2D eigenvalue weighted by Crippen LogP contribution is 2.25. The molecule has 212 valence electrons. The molecule has 2 amide bonds. The van der Waals surface area contributed by atoms with E-state index >= 15 is 0 Å². The van der Waals surface area contributed by atoms with Gasteiger partial charge in [-0.15, -0.1) is 0 Å². The number of halogens is 1. The molecule has 0 aromatic heterocycles. The Morgan fingerprint density at radius 3 is 2.20 bits per heavy atom. The van der Waals surface area contributed by atoms with Crippen LogP contribution in [0, 0.1) is 5.82 Å². The fraction of sp³-hybridized carbons (Fsp3) is 0.333. The van der Waals surface area contributed by atoms with Gasteiger partial charge in [-0.3, -0.25) is 13.9 Å². The zero-order valence-corrected chi connectivity index (χ0v) is 23.4. The van der Waals surface area contributed by atoms with Crippen molar-refractivity contribution in [1.82, 2.24) is 10.2 Å². The Labute approximate surface area is 234 Å². The first-order valence-electron chi connectivity index (χ1n) is 13.2. The van der Waals surface area contributed by atoms with E-state index in [2.05, 4.69) is 5.32 Å². The minimum atomic E-state index is -4.20. The van der Waals surface area contributed by atoms with E-state index < -0.39 is 34.3 Å². The minimum Gasteiger partial charge on any atom is -0.497 e. The van der Waals surface area contributed by atoms with E-state index in [9.17, 15) is 22.4 Å². The fourth-order valence-electron chi connectivity index (χ4n) is 4.76. The molecule has 1 aliphatic rings. The summed E-state index contributed by atoms with van der Waals surface area (Å²) in [5, 5.41) is 3.04. The highest BCUT2D eigenvalue weighted by molar-refractivity contribution is 7.92. The lowest BCUT2D eigenvalue weighted by Gasteiger charge is -2.32. The number of ether oxygens (including phenoxy) is 1. The van der Waals surface area contributed by atoms with Crippen LogP contribution in [0.15, 0.2) is 83.8 Å². The van der Waals surface area contributed by atoms with Gasteiger partial charge in [-0.1, -0.05) is 43.2 Å². The third-order valence-electron chi connectivity index (χ3n) is 7.11. The van der Waals surface area contributed by atoms with E-state index in [1.54, 1.807) is 56.5 Å². The molecule has 1 aliphatic carbocycles. The van der Waals surface area contributed by atoms with Crippen LogP contribution in [-0.4, -0.2) is 50.9 Å². The van der Waals surface area contributed by atoms with Crippen molar-refractivity contribution in [1.29, 1.82) is 0 Å². The first kappa shape index (κ1) is 29.1. The summed E-state index contributed by atoms with van der Waals surface area (Å²) in [7, 11) is -2.64. The number of rotatable bonds is 11. The highest BCUT2D eigenvalue weighted by atomic mass is 32.2. The largest absolute Gasteiger partial charge is 0.497 e. The zero-order chi connectivity index (χ0) is 28.7. The Kier molecular flexibility index (Phi) is 9.42. The van der Waals surface area contributed by atoms with Gasteiger partial charge in [0.25, 0.3) is 10.0 Å². The maximum Gasteiger partial charge on any atom is 0.264 e. The highest BCUT2D eigenvalue weighted by Gasteiger charge is 2.33. The number of benzene rings is 3. The molecular weight excluding hydrogens is 533 g/mol. The fourth-order valence-corrected chi connectivity index (χ4v) is 6.19. The summed E-state index contributed by atoms with van der Waals surface area (Å²) in [6.45, 7) is 1.13. The van der Waals surface area contributed by atoms with E-state index in [-0.39, 0.29) is 29.1 Å². The van der Waals surface area contributed by atoms with Crippen molar-refractivity contribution >= 4 is 27.5 Å².